The summed E-state index contributed by atoms with van der Waals surface area (Å²) in [5.74, 6) is -0.00595. The van der Waals surface area contributed by atoms with E-state index >= 15 is 0 Å². The molecule has 4 N–H and O–H groups in total. The number of ether oxygens (including phenoxy) is 2. The van der Waals surface area contributed by atoms with Crippen molar-refractivity contribution < 1.29 is 19.1 Å². The van der Waals surface area contributed by atoms with Gasteiger partial charge in [-0.3, -0.25) is 15.6 Å². The molecule has 0 fully saturated rings. The number of alkyl carbamates (subject to hydrolysis) is 2. The van der Waals surface area contributed by atoms with E-state index in [9.17, 15) is 9.59 Å². The Kier molecular flexibility index (Phi) is 9.48. The smallest absolute Gasteiger partial charge is 0.414 e. The van der Waals surface area contributed by atoms with Crippen molar-refractivity contribution in [3.8, 4) is 0 Å². The molecular weight excluding hydrogens is 324 g/mol. The Morgan fingerprint density at radius 1 is 1.00 bits per heavy atom. The highest BCUT2D eigenvalue weighted by Crippen LogP contribution is 2.07. The fourth-order valence-electron chi connectivity index (χ4n) is 1.66. The average Bonchev–Trinajstić information content (AvgIpc) is 2.38. The van der Waals surface area contributed by atoms with E-state index in [0.717, 1.165) is 19.3 Å². The Morgan fingerprint density at radius 3 is 1.80 bits per heavy atom. The normalized spacial score (nSPS) is 12.8. The second-order valence-electron chi connectivity index (χ2n) is 7.79. The summed E-state index contributed by atoms with van der Waals surface area (Å²) in [6.45, 7) is 12.9. The van der Waals surface area contributed by atoms with Crippen LogP contribution in [0.15, 0.2) is 4.99 Å². The van der Waals surface area contributed by atoms with E-state index in [2.05, 4.69) is 15.6 Å². The van der Waals surface area contributed by atoms with E-state index in [1.165, 1.54) is 0 Å². The summed E-state index contributed by atoms with van der Waals surface area (Å²) in [6.07, 6.45) is 1.04. The molecule has 8 nitrogen and oxygen atoms in total. The molecule has 0 bridgehead atoms. The average molecular weight is 358 g/mol. The Bertz CT molecular complexity index is 432. The molecule has 146 valence electrons. The largest absolute Gasteiger partial charge is 0.444 e. The standard InChI is InChI=1S/C17H34N4O4/c1-8-12(18)10-9-11-19-13(20-14(22)24-16(2,3)4)21-15(23)25-17(5,6)7/h12H,8-11,18H2,1-7H3,(H2,19,20,21,22,23). The minimum Gasteiger partial charge on any atom is -0.444 e. The Balaban J connectivity index is 4.80. The number of rotatable bonds is 5. The number of nitrogens with two attached hydrogens (primary N) is 1. The highest BCUT2D eigenvalue weighted by atomic mass is 16.6. The van der Waals surface area contributed by atoms with Gasteiger partial charge in [-0.25, -0.2) is 9.59 Å². The van der Waals surface area contributed by atoms with E-state index < -0.39 is 23.4 Å². The third kappa shape index (κ3) is 14.2. The molecule has 0 aliphatic heterocycles. The Hall–Kier alpha value is -1.83. The molecular formula is C17H34N4O4. The van der Waals surface area contributed by atoms with Gasteiger partial charge in [-0.1, -0.05) is 6.92 Å². The second kappa shape index (κ2) is 10.2. The van der Waals surface area contributed by atoms with E-state index in [-0.39, 0.29) is 12.0 Å². The van der Waals surface area contributed by atoms with Crippen LogP contribution < -0.4 is 16.4 Å². The van der Waals surface area contributed by atoms with E-state index in [4.69, 9.17) is 15.2 Å². The van der Waals surface area contributed by atoms with Crippen LogP contribution in [0.4, 0.5) is 9.59 Å². The van der Waals surface area contributed by atoms with Crippen molar-refractivity contribution in [3.63, 3.8) is 0 Å². The number of nitrogens with zero attached hydrogens (tertiary/aromatic N) is 1. The summed E-state index contributed by atoms with van der Waals surface area (Å²) in [6, 6.07) is 0.122. The van der Waals surface area contributed by atoms with Gasteiger partial charge in [0, 0.05) is 12.6 Å². The number of guanidine groups is 1. The molecule has 0 saturated carbocycles. The predicted molar refractivity (Wildman–Crippen MR) is 98.5 cm³/mol. The fourth-order valence-corrected chi connectivity index (χ4v) is 1.66. The molecule has 0 aromatic carbocycles. The number of hydrogen-bond acceptors (Lipinski definition) is 6. The lowest BCUT2D eigenvalue weighted by Crippen LogP contribution is -2.47. The van der Waals surface area contributed by atoms with E-state index in [1.54, 1.807) is 41.5 Å². The first-order chi connectivity index (χ1) is 11.3. The van der Waals surface area contributed by atoms with Crippen LogP contribution >= 0.6 is 0 Å². The van der Waals surface area contributed by atoms with Crippen LogP contribution in [0.3, 0.4) is 0 Å². The van der Waals surface area contributed by atoms with Gasteiger partial charge >= 0.3 is 12.2 Å². The molecule has 2 amide bonds. The topological polar surface area (TPSA) is 115 Å². The first-order valence-corrected chi connectivity index (χ1v) is 8.62. The first kappa shape index (κ1) is 23.2. The molecule has 0 aliphatic carbocycles. The maximum absolute atomic E-state index is 11.9. The minimum atomic E-state index is -0.701. The lowest BCUT2D eigenvalue weighted by Gasteiger charge is -2.22. The highest BCUT2D eigenvalue weighted by Gasteiger charge is 2.21. The number of hydrogen-bond donors (Lipinski definition) is 3. The van der Waals surface area contributed by atoms with Gasteiger partial charge in [0.05, 0.1) is 0 Å². The number of amides is 2. The quantitative estimate of drug-likeness (QED) is 0.397. The van der Waals surface area contributed by atoms with Gasteiger partial charge in [-0.15, -0.1) is 0 Å². The Morgan fingerprint density at radius 2 is 1.44 bits per heavy atom. The lowest BCUT2D eigenvalue weighted by atomic mass is 10.1. The molecule has 0 aromatic rings. The van der Waals surface area contributed by atoms with E-state index in [0.29, 0.717) is 6.54 Å². The first-order valence-electron chi connectivity index (χ1n) is 8.62. The Labute approximate surface area is 150 Å². The third-order valence-corrected chi connectivity index (χ3v) is 2.77. The lowest BCUT2D eigenvalue weighted by molar-refractivity contribution is 0.0545. The zero-order chi connectivity index (χ0) is 19.7. The van der Waals surface area contributed by atoms with Crippen molar-refractivity contribution in [2.45, 2.75) is 85.0 Å². The van der Waals surface area contributed by atoms with Gasteiger partial charge in [-0.05, 0) is 60.8 Å². The monoisotopic (exact) mass is 358 g/mol. The van der Waals surface area contributed by atoms with Crippen molar-refractivity contribution in [2.24, 2.45) is 10.7 Å². The molecule has 0 aromatic heterocycles. The summed E-state index contributed by atoms with van der Waals surface area (Å²) in [5.41, 5.74) is 4.55. The van der Waals surface area contributed by atoms with E-state index in [1.807, 2.05) is 6.92 Å². The summed E-state index contributed by atoms with van der Waals surface area (Å²) in [5, 5.41) is 4.88. The van der Waals surface area contributed by atoms with Gasteiger partial charge < -0.3 is 15.2 Å². The molecule has 0 spiro atoms. The predicted octanol–water partition coefficient (Wildman–Crippen LogP) is 2.91. The second-order valence-corrected chi connectivity index (χ2v) is 7.79. The molecule has 0 heterocycles. The van der Waals surface area contributed by atoms with Crippen LogP contribution in [0, 0.1) is 0 Å². The van der Waals surface area contributed by atoms with Gasteiger partial charge in [-0.2, -0.15) is 0 Å². The number of carbonyl (C=O) groups excluding carboxylic acids is 2. The highest BCUT2D eigenvalue weighted by molar-refractivity contribution is 6.01. The maximum atomic E-state index is 11.9. The van der Waals surface area contributed by atoms with Crippen molar-refractivity contribution in [3.05, 3.63) is 0 Å². The van der Waals surface area contributed by atoms with Crippen molar-refractivity contribution in [1.82, 2.24) is 10.6 Å². The van der Waals surface area contributed by atoms with Crippen LogP contribution in [0.5, 0.6) is 0 Å². The van der Waals surface area contributed by atoms with Crippen LogP contribution in [-0.4, -0.2) is 41.9 Å². The van der Waals surface area contributed by atoms with Crippen molar-refractivity contribution >= 4 is 18.1 Å². The zero-order valence-electron chi connectivity index (χ0n) is 16.6. The number of aliphatic imine (C=N–C) groups is 1. The summed E-state index contributed by atoms with van der Waals surface area (Å²) in [4.78, 5) is 28.0. The number of nitrogens with one attached hydrogen (secondary N) is 2. The summed E-state index contributed by atoms with van der Waals surface area (Å²) < 4.78 is 10.3. The van der Waals surface area contributed by atoms with Crippen LogP contribution in [0.2, 0.25) is 0 Å². The third-order valence-electron chi connectivity index (χ3n) is 2.77. The summed E-state index contributed by atoms with van der Waals surface area (Å²) >= 11 is 0. The molecule has 1 unspecified atom stereocenters. The molecule has 1 atom stereocenters. The molecule has 8 heteroatoms. The van der Waals surface area contributed by atoms with Gasteiger partial charge in [0.1, 0.15) is 11.2 Å². The molecule has 0 radical (unpaired) electrons. The van der Waals surface area contributed by atoms with Crippen LogP contribution in [-0.2, 0) is 9.47 Å². The molecule has 0 rings (SSSR count). The van der Waals surface area contributed by atoms with Gasteiger partial charge in [0.2, 0.25) is 5.96 Å². The van der Waals surface area contributed by atoms with Crippen LogP contribution in [0.1, 0.15) is 67.7 Å². The van der Waals surface area contributed by atoms with Gasteiger partial charge in [0.15, 0.2) is 0 Å². The molecule has 0 saturated heterocycles. The zero-order valence-corrected chi connectivity index (χ0v) is 16.6. The SMILES string of the molecule is CCC(N)CCCN=C(NC(=O)OC(C)(C)C)NC(=O)OC(C)(C)C. The van der Waals surface area contributed by atoms with Crippen molar-refractivity contribution in [1.29, 1.82) is 0 Å². The maximum Gasteiger partial charge on any atom is 0.414 e. The minimum absolute atomic E-state index is 0.00595. The van der Waals surface area contributed by atoms with Gasteiger partial charge in [0.25, 0.3) is 0 Å². The fraction of sp³-hybridized carbons (Fsp3) is 0.824. The van der Waals surface area contributed by atoms with Crippen molar-refractivity contribution in [2.75, 3.05) is 6.54 Å². The summed E-state index contributed by atoms with van der Waals surface area (Å²) in [7, 11) is 0. The molecule has 0 aliphatic rings. The molecule has 25 heavy (non-hydrogen) atoms. The number of carbonyl (C=O) groups is 2. The van der Waals surface area contributed by atoms with Crippen LogP contribution in [0.25, 0.3) is 0 Å².